The maximum atomic E-state index is 12.7. The minimum Gasteiger partial charge on any atom is -0.454 e. The van der Waals surface area contributed by atoms with Crippen molar-refractivity contribution < 1.29 is 19.1 Å². The molecule has 3 N–H and O–H groups in total. The van der Waals surface area contributed by atoms with Crippen LogP contribution in [0.4, 0.5) is 0 Å². The van der Waals surface area contributed by atoms with Crippen LogP contribution in [0.2, 0.25) is 0 Å². The Bertz CT molecular complexity index is 642. The second-order valence-electron chi connectivity index (χ2n) is 6.13. The Morgan fingerprint density at radius 2 is 1.92 bits per heavy atom. The summed E-state index contributed by atoms with van der Waals surface area (Å²) in [5.41, 5.74) is 5.02. The van der Waals surface area contributed by atoms with E-state index in [4.69, 9.17) is 10.5 Å². The molecule has 0 radical (unpaired) electrons. The maximum absolute atomic E-state index is 12.7. The number of thioether (sulfide) groups is 1. The van der Waals surface area contributed by atoms with Crippen LogP contribution in [0.1, 0.15) is 55.8 Å². The summed E-state index contributed by atoms with van der Waals surface area (Å²) in [5, 5.41) is 2.83. The molecule has 0 bridgehead atoms. The first-order valence-electron chi connectivity index (χ1n) is 8.48. The van der Waals surface area contributed by atoms with Crippen molar-refractivity contribution in [2.24, 2.45) is 5.73 Å². The van der Waals surface area contributed by atoms with E-state index in [-0.39, 0.29) is 17.8 Å². The van der Waals surface area contributed by atoms with Crippen LogP contribution in [0.5, 0.6) is 0 Å². The van der Waals surface area contributed by atoms with Gasteiger partial charge in [0.15, 0.2) is 0 Å². The Morgan fingerprint density at radius 1 is 1.24 bits per heavy atom. The van der Waals surface area contributed by atoms with Gasteiger partial charge in [0.2, 0.25) is 5.91 Å². The summed E-state index contributed by atoms with van der Waals surface area (Å²) in [6.07, 6.45) is 3.98. The molecule has 6 nitrogen and oxygen atoms in total. The van der Waals surface area contributed by atoms with Gasteiger partial charge in [-0.2, -0.15) is 0 Å². The summed E-state index contributed by atoms with van der Waals surface area (Å²) in [6, 6.07) is 7.05. The zero-order valence-corrected chi connectivity index (χ0v) is 15.2. The van der Waals surface area contributed by atoms with Gasteiger partial charge in [-0.25, -0.2) is 0 Å². The van der Waals surface area contributed by atoms with Crippen molar-refractivity contribution in [2.75, 3.05) is 5.94 Å². The first-order chi connectivity index (χ1) is 12.0. The van der Waals surface area contributed by atoms with Crippen LogP contribution in [0.3, 0.4) is 0 Å². The molecular weight excluding hydrogens is 340 g/mol. The number of amides is 2. The van der Waals surface area contributed by atoms with Gasteiger partial charge in [0.05, 0.1) is 5.56 Å². The molecule has 1 fully saturated rings. The summed E-state index contributed by atoms with van der Waals surface area (Å²) in [5.74, 6) is -0.930. The first-order valence-corrected chi connectivity index (χ1v) is 9.47. The van der Waals surface area contributed by atoms with Gasteiger partial charge in [0, 0.05) is 11.3 Å². The molecule has 2 rings (SSSR count). The predicted molar refractivity (Wildman–Crippen MR) is 96.0 cm³/mol. The molecule has 25 heavy (non-hydrogen) atoms. The van der Waals surface area contributed by atoms with Crippen LogP contribution in [-0.2, 0) is 14.3 Å². The topological polar surface area (TPSA) is 98.5 Å². The third-order valence-electron chi connectivity index (χ3n) is 4.30. The van der Waals surface area contributed by atoms with Crippen molar-refractivity contribution in [2.45, 2.75) is 55.9 Å². The monoisotopic (exact) mass is 364 g/mol. The molecule has 0 spiro atoms. The van der Waals surface area contributed by atoms with Crippen LogP contribution < -0.4 is 11.1 Å². The SMILES string of the molecule is CCCC(=O)OCSc1ccccc1C(=O)NC1(C(N)=O)CCCC1. The molecule has 1 aliphatic carbocycles. The van der Waals surface area contributed by atoms with Crippen LogP contribution in [-0.4, -0.2) is 29.3 Å². The number of primary amides is 1. The molecule has 0 aliphatic heterocycles. The van der Waals surface area contributed by atoms with E-state index in [0.717, 1.165) is 19.3 Å². The van der Waals surface area contributed by atoms with E-state index >= 15 is 0 Å². The van der Waals surface area contributed by atoms with Gasteiger partial charge in [-0.1, -0.05) is 43.7 Å². The summed E-state index contributed by atoms with van der Waals surface area (Å²) < 4.78 is 5.13. The van der Waals surface area contributed by atoms with E-state index in [2.05, 4.69) is 5.32 Å². The fraction of sp³-hybridized carbons (Fsp3) is 0.500. The summed E-state index contributed by atoms with van der Waals surface area (Å²) in [7, 11) is 0. The highest BCUT2D eigenvalue weighted by molar-refractivity contribution is 7.99. The molecule has 1 saturated carbocycles. The molecule has 0 aromatic heterocycles. The van der Waals surface area contributed by atoms with Gasteiger partial charge in [0.25, 0.3) is 5.91 Å². The molecular formula is C18H24N2O4S. The molecule has 0 saturated heterocycles. The number of carbonyl (C=O) groups is 3. The van der Waals surface area contributed by atoms with E-state index in [1.165, 1.54) is 11.8 Å². The van der Waals surface area contributed by atoms with E-state index < -0.39 is 11.4 Å². The lowest BCUT2D eigenvalue weighted by Crippen LogP contribution is -2.55. The third kappa shape index (κ3) is 4.98. The Hall–Kier alpha value is -2.02. The molecule has 136 valence electrons. The number of esters is 1. The molecule has 1 aromatic carbocycles. The highest BCUT2D eigenvalue weighted by Gasteiger charge is 2.41. The second kappa shape index (κ2) is 8.89. The molecule has 0 heterocycles. The largest absolute Gasteiger partial charge is 0.454 e. The summed E-state index contributed by atoms with van der Waals surface area (Å²) >= 11 is 1.27. The number of hydrogen-bond donors (Lipinski definition) is 2. The van der Waals surface area contributed by atoms with Crippen molar-refractivity contribution in [3.63, 3.8) is 0 Å². The Balaban J connectivity index is 2.05. The van der Waals surface area contributed by atoms with Crippen LogP contribution in [0.15, 0.2) is 29.2 Å². The summed E-state index contributed by atoms with van der Waals surface area (Å²) in [4.78, 5) is 36.6. The maximum Gasteiger partial charge on any atom is 0.306 e. The average Bonchev–Trinajstić information content (AvgIpc) is 3.05. The molecule has 0 unspecified atom stereocenters. The number of carbonyl (C=O) groups excluding carboxylic acids is 3. The highest BCUT2D eigenvalue weighted by Crippen LogP contribution is 2.31. The van der Waals surface area contributed by atoms with E-state index in [0.29, 0.717) is 29.7 Å². The van der Waals surface area contributed by atoms with Gasteiger partial charge in [-0.05, 0) is 31.4 Å². The quantitative estimate of drug-likeness (QED) is 0.420. The van der Waals surface area contributed by atoms with Crippen molar-refractivity contribution in [1.29, 1.82) is 0 Å². The van der Waals surface area contributed by atoms with E-state index in [9.17, 15) is 14.4 Å². The predicted octanol–water partition coefficient (Wildman–Crippen LogP) is 2.61. The first kappa shape index (κ1) is 19.3. The minimum absolute atomic E-state index is 0.143. The number of nitrogens with two attached hydrogens (primary N) is 1. The average molecular weight is 364 g/mol. The minimum atomic E-state index is -0.956. The second-order valence-corrected chi connectivity index (χ2v) is 7.10. The fourth-order valence-electron chi connectivity index (χ4n) is 2.91. The normalized spacial score (nSPS) is 15.6. The molecule has 1 aliphatic rings. The van der Waals surface area contributed by atoms with Crippen LogP contribution >= 0.6 is 11.8 Å². The van der Waals surface area contributed by atoms with Gasteiger partial charge < -0.3 is 15.8 Å². The Morgan fingerprint density at radius 3 is 2.56 bits per heavy atom. The Kier molecular flexibility index (Phi) is 6.87. The number of ether oxygens (including phenoxy) is 1. The van der Waals surface area contributed by atoms with Crippen molar-refractivity contribution in [3.05, 3.63) is 29.8 Å². The van der Waals surface area contributed by atoms with Crippen LogP contribution in [0, 0.1) is 0 Å². The lowest BCUT2D eigenvalue weighted by Gasteiger charge is -2.27. The molecule has 7 heteroatoms. The smallest absolute Gasteiger partial charge is 0.306 e. The van der Waals surface area contributed by atoms with Crippen molar-refractivity contribution >= 4 is 29.5 Å². The number of rotatable bonds is 8. The lowest BCUT2D eigenvalue weighted by atomic mass is 9.96. The van der Waals surface area contributed by atoms with Gasteiger partial charge in [0.1, 0.15) is 11.5 Å². The fourth-order valence-corrected chi connectivity index (χ4v) is 3.72. The molecule has 0 atom stereocenters. The zero-order valence-electron chi connectivity index (χ0n) is 14.4. The molecule has 2 amide bonds. The number of benzene rings is 1. The van der Waals surface area contributed by atoms with Gasteiger partial charge >= 0.3 is 5.97 Å². The number of hydrogen-bond acceptors (Lipinski definition) is 5. The number of nitrogens with one attached hydrogen (secondary N) is 1. The third-order valence-corrected chi connectivity index (χ3v) is 5.20. The van der Waals surface area contributed by atoms with Crippen molar-refractivity contribution in [3.8, 4) is 0 Å². The molecule has 1 aromatic rings. The lowest BCUT2D eigenvalue weighted by molar-refractivity contribution is -0.141. The highest BCUT2D eigenvalue weighted by atomic mass is 32.2. The Labute approximate surface area is 151 Å². The van der Waals surface area contributed by atoms with Crippen molar-refractivity contribution in [1.82, 2.24) is 5.32 Å². The van der Waals surface area contributed by atoms with Gasteiger partial charge in [-0.3, -0.25) is 14.4 Å². The van der Waals surface area contributed by atoms with Gasteiger partial charge in [-0.15, -0.1) is 0 Å². The van der Waals surface area contributed by atoms with E-state index in [1.54, 1.807) is 18.2 Å². The standard InChI is InChI=1S/C18H24N2O4S/c1-2-7-15(21)24-12-25-14-9-4-3-8-13(14)16(22)20-18(17(19)23)10-5-6-11-18/h3-4,8-9H,2,5-7,10-12H2,1H3,(H2,19,23)(H,20,22). The van der Waals surface area contributed by atoms with E-state index in [1.807, 2.05) is 13.0 Å². The van der Waals surface area contributed by atoms with Crippen LogP contribution in [0.25, 0.3) is 0 Å². The summed E-state index contributed by atoms with van der Waals surface area (Å²) in [6.45, 7) is 1.91. The zero-order chi connectivity index (χ0) is 18.3.